The van der Waals surface area contributed by atoms with Crippen LogP contribution in [0.1, 0.15) is 48.7 Å². The van der Waals surface area contributed by atoms with Crippen LogP contribution >= 0.6 is 11.6 Å². The SMILES string of the molecule is C[C@]1(Cl)C[C@@H](c2ccc(C#N)cc2)O[C@@H](c2ccccc2)C1. The van der Waals surface area contributed by atoms with Crippen molar-refractivity contribution in [3.63, 3.8) is 0 Å². The molecule has 0 N–H and O–H groups in total. The van der Waals surface area contributed by atoms with E-state index in [-0.39, 0.29) is 17.1 Å². The Morgan fingerprint density at radius 3 is 2.09 bits per heavy atom. The summed E-state index contributed by atoms with van der Waals surface area (Å²) in [5, 5.41) is 8.91. The molecule has 0 amide bonds. The summed E-state index contributed by atoms with van der Waals surface area (Å²) in [4.78, 5) is -0.294. The van der Waals surface area contributed by atoms with E-state index >= 15 is 0 Å². The number of hydrogen-bond donors (Lipinski definition) is 0. The summed E-state index contributed by atoms with van der Waals surface area (Å²) >= 11 is 6.69. The van der Waals surface area contributed by atoms with E-state index in [0.29, 0.717) is 5.56 Å². The molecule has 1 saturated heterocycles. The number of hydrogen-bond acceptors (Lipinski definition) is 2. The van der Waals surface area contributed by atoms with Gasteiger partial charge in [0.2, 0.25) is 0 Å². The minimum Gasteiger partial charge on any atom is -0.365 e. The molecule has 2 aromatic carbocycles. The highest BCUT2D eigenvalue weighted by atomic mass is 35.5. The Kier molecular flexibility index (Phi) is 4.20. The molecule has 1 fully saturated rings. The number of nitriles is 1. The van der Waals surface area contributed by atoms with Crippen LogP contribution in [0.3, 0.4) is 0 Å². The molecule has 0 saturated carbocycles. The molecular formula is C19H18ClNO. The zero-order chi connectivity index (χ0) is 15.6. The maximum absolute atomic E-state index is 8.91. The van der Waals surface area contributed by atoms with E-state index in [0.717, 1.165) is 24.0 Å². The van der Waals surface area contributed by atoms with E-state index in [4.69, 9.17) is 21.6 Å². The molecule has 3 atom stereocenters. The molecule has 0 aliphatic carbocycles. The fourth-order valence-electron chi connectivity index (χ4n) is 2.98. The molecule has 112 valence electrons. The Balaban J connectivity index is 1.86. The first-order chi connectivity index (χ1) is 10.6. The van der Waals surface area contributed by atoms with Crippen molar-refractivity contribution in [2.24, 2.45) is 0 Å². The predicted molar refractivity (Wildman–Crippen MR) is 87.7 cm³/mol. The lowest BCUT2D eigenvalue weighted by Gasteiger charge is -2.39. The van der Waals surface area contributed by atoms with Gasteiger partial charge in [-0.1, -0.05) is 42.5 Å². The highest BCUT2D eigenvalue weighted by molar-refractivity contribution is 6.23. The van der Waals surface area contributed by atoms with Crippen LogP contribution in [-0.4, -0.2) is 4.87 Å². The fraction of sp³-hybridized carbons (Fsp3) is 0.316. The van der Waals surface area contributed by atoms with Crippen molar-refractivity contribution in [1.82, 2.24) is 0 Å². The molecule has 1 aliphatic rings. The minimum atomic E-state index is -0.294. The molecule has 2 aromatic rings. The molecule has 3 heteroatoms. The molecule has 0 aromatic heterocycles. The molecule has 3 rings (SSSR count). The van der Waals surface area contributed by atoms with Crippen LogP contribution < -0.4 is 0 Å². The Labute approximate surface area is 136 Å². The van der Waals surface area contributed by atoms with Gasteiger partial charge < -0.3 is 4.74 Å². The summed E-state index contributed by atoms with van der Waals surface area (Å²) in [6.07, 6.45) is 1.52. The molecule has 1 heterocycles. The molecule has 2 nitrogen and oxygen atoms in total. The van der Waals surface area contributed by atoms with Crippen LogP contribution in [0.2, 0.25) is 0 Å². The number of rotatable bonds is 2. The Morgan fingerprint density at radius 1 is 1.00 bits per heavy atom. The van der Waals surface area contributed by atoms with Crippen molar-refractivity contribution in [2.75, 3.05) is 0 Å². The van der Waals surface area contributed by atoms with E-state index in [1.165, 1.54) is 0 Å². The van der Waals surface area contributed by atoms with E-state index in [1.807, 2.05) is 42.5 Å². The molecule has 0 radical (unpaired) electrons. The maximum atomic E-state index is 8.91. The van der Waals surface area contributed by atoms with Crippen LogP contribution in [0.15, 0.2) is 54.6 Å². The van der Waals surface area contributed by atoms with Crippen molar-refractivity contribution in [1.29, 1.82) is 5.26 Å². The van der Waals surface area contributed by atoms with Crippen molar-refractivity contribution >= 4 is 11.6 Å². The van der Waals surface area contributed by atoms with Gasteiger partial charge >= 0.3 is 0 Å². The molecular weight excluding hydrogens is 294 g/mol. The van der Waals surface area contributed by atoms with Crippen molar-refractivity contribution in [2.45, 2.75) is 36.8 Å². The Morgan fingerprint density at radius 2 is 1.55 bits per heavy atom. The van der Waals surface area contributed by atoms with Gasteiger partial charge in [-0.25, -0.2) is 0 Å². The number of benzene rings is 2. The second-order valence-corrected chi connectivity index (χ2v) is 6.99. The molecule has 0 bridgehead atoms. The number of ether oxygens (including phenoxy) is 1. The third-order valence-electron chi connectivity index (χ3n) is 4.13. The lowest BCUT2D eigenvalue weighted by atomic mass is 9.87. The number of nitrogens with zero attached hydrogens (tertiary/aromatic N) is 1. The summed E-state index contributed by atoms with van der Waals surface area (Å²) in [7, 11) is 0. The van der Waals surface area contributed by atoms with Gasteiger partial charge in [0.15, 0.2) is 0 Å². The standard InChI is InChI=1S/C19H18ClNO/c1-19(20)11-17(15-5-3-2-4-6-15)22-18(12-19)16-9-7-14(13-21)8-10-16/h2-10,17-18H,11-12H2,1H3/t17-,18+,19-/m1/s1. The summed E-state index contributed by atoms with van der Waals surface area (Å²) in [6.45, 7) is 2.07. The van der Waals surface area contributed by atoms with Crippen molar-refractivity contribution in [3.05, 3.63) is 71.3 Å². The lowest BCUT2D eigenvalue weighted by Crippen LogP contribution is -2.31. The van der Waals surface area contributed by atoms with Gasteiger partial charge in [0, 0.05) is 4.87 Å². The highest BCUT2D eigenvalue weighted by Gasteiger charge is 2.37. The second kappa shape index (κ2) is 6.12. The summed E-state index contributed by atoms with van der Waals surface area (Å²) in [6, 6.07) is 19.9. The van der Waals surface area contributed by atoms with Gasteiger partial charge in [0.1, 0.15) is 0 Å². The minimum absolute atomic E-state index is 0.00177. The Bertz CT molecular complexity index is 673. The first-order valence-corrected chi connectivity index (χ1v) is 7.84. The molecule has 0 spiro atoms. The quantitative estimate of drug-likeness (QED) is 0.719. The van der Waals surface area contributed by atoms with Crippen LogP contribution in [0.25, 0.3) is 0 Å². The van der Waals surface area contributed by atoms with Gasteiger partial charge in [0.05, 0.1) is 23.8 Å². The van der Waals surface area contributed by atoms with Crippen LogP contribution in [0.4, 0.5) is 0 Å². The third-order valence-corrected chi connectivity index (χ3v) is 4.44. The largest absolute Gasteiger partial charge is 0.365 e. The maximum Gasteiger partial charge on any atom is 0.0991 e. The lowest BCUT2D eigenvalue weighted by molar-refractivity contribution is -0.0658. The first-order valence-electron chi connectivity index (χ1n) is 7.47. The van der Waals surface area contributed by atoms with Crippen LogP contribution in [0.5, 0.6) is 0 Å². The molecule has 22 heavy (non-hydrogen) atoms. The first kappa shape index (κ1) is 15.1. The monoisotopic (exact) mass is 311 g/mol. The summed E-state index contributed by atoms with van der Waals surface area (Å²) < 4.78 is 6.30. The van der Waals surface area contributed by atoms with Gasteiger partial charge in [-0.2, -0.15) is 5.26 Å². The average molecular weight is 312 g/mol. The van der Waals surface area contributed by atoms with E-state index < -0.39 is 0 Å². The van der Waals surface area contributed by atoms with Gasteiger partial charge in [-0.15, -0.1) is 11.6 Å². The van der Waals surface area contributed by atoms with E-state index in [9.17, 15) is 0 Å². The third kappa shape index (κ3) is 3.32. The normalized spacial score (nSPS) is 28.0. The van der Waals surface area contributed by atoms with Crippen molar-refractivity contribution in [3.8, 4) is 6.07 Å². The zero-order valence-electron chi connectivity index (χ0n) is 12.5. The second-order valence-electron chi connectivity index (χ2n) is 6.08. The number of alkyl halides is 1. The predicted octanol–water partition coefficient (Wildman–Crippen LogP) is 5.15. The average Bonchev–Trinajstić information content (AvgIpc) is 2.54. The van der Waals surface area contributed by atoms with Gasteiger partial charge in [-0.3, -0.25) is 0 Å². The zero-order valence-corrected chi connectivity index (χ0v) is 13.3. The smallest absolute Gasteiger partial charge is 0.0991 e. The number of halogens is 1. The highest BCUT2D eigenvalue weighted by Crippen LogP contribution is 2.46. The van der Waals surface area contributed by atoms with Crippen LogP contribution in [-0.2, 0) is 4.74 Å². The Hall–Kier alpha value is -1.82. The van der Waals surface area contributed by atoms with Crippen molar-refractivity contribution < 1.29 is 4.74 Å². The molecule has 1 aliphatic heterocycles. The summed E-state index contributed by atoms with van der Waals surface area (Å²) in [5.41, 5.74) is 2.90. The van der Waals surface area contributed by atoms with E-state index in [2.05, 4.69) is 25.1 Å². The van der Waals surface area contributed by atoms with Gasteiger partial charge in [-0.05, 0) is 43.0 Å². The van der Waals surface area contributed by atoms with Crippen LogP contribution in [0, 0.1) is 11.3 Å². The molecule has 0 unspecified atom stereocenters. The summed E-state index contributed by atoms with van der Waals surface area (Å²) in [5.74, 6) is 0. The fourth-order valence-corrected chi connectivity index (χ4v) is 3.26. The van der Waals surface area contributed by atoms with Gasteiger partial charge in [0.25, 0.3) is 0 Å². The topological polar surface area (TPSA) is 33.0 Å². The van der Waals surface area contributed by atoms with E-state index in [1.54, 1.807) is 0 Å².